The first-order valence-electron chi connectivity index (χ1n) is 7.21. The van der Waals surface area contributed by atoms with Crippen LogP contribution in [-0.4, -0.2) is 29.0 Å². The van der Waals surface area contributed by atoms with E-state index in [1.54, 1.807) is 37.4 Å². The second-order valence-corrected chi connectivity index (χ2v) is 5.32. The molecule has 2 aromatic rings. The first-order chi connectivity index (χ1) is 10.6. The second-order valence-electron chi connectivity index (χ2n) is 5.32. The number of nitrogens with one attached hydrogen (secondary N) is 2. The minimum absolute atomic E-state index is 0.255. The molecular formula is C16H18N4O2. The first-order valence-corrected chi connectivity index (χ1v) is 7.21. The SMILES string of the molecule is COc1ccc(NC(=O)c2cc(C)nc(NC3CC3)n2)cc1. The Hall–Kier alpha value is -2.63. The van der Waals surface area contributed by atoms with Crippen LogP contribution >= 0.6 is 0 Å². The lowest BCUT2D eigenvalue weighted by Crippen LogP contribution is -2.16. The van der Waals surface area contributed by atoms with Crippen LogP contribution in [-0.2, 0) is 0 Å². The van der Waals surface area contributed by atoms with Gasteiger partial charge in [0, 0.05) is 17.4 Å². The van der Waals surface area contributed by atoms with Gasteiger partial charge in [-0.1, -0.05) is 0 Å². The molecule has 22 heavy (non-hydrogen) atoms. The number of anilines is 2. The fourth-order valence-electron chi connectivity index (χ4n) is 2.03. The molecule has 1 amide bonds. The Labute approximate surface area is 128 Å². The van der Waals surface area contributed by atoms with Crippen LogP contribution < -0.4 is 15.4 Å². The molecule has 2 N–H and O–H groups in total. The highest BCUT2D eigenvalue weighted by Crippen LogP contribution is 2.23. The van der Waals surface area contributed by atoms with Crippen molar-refractivity contribution in [1.29, 1.82) is 0 Å². The zero-order valence-corrected chi connectivity index (χ0v) is 12.6. The summed E-state index contributed by atoms with van der Waals surface area (Å²) in [4.78, 5) is 20.9. The fraction of sp³-hybridized carbons (Fsp3) is 0.312. The fourth-order valence-corrected chi connectivity index (χ4v) is 2.03. The van der Waals surface area contributed by atoms with E-state index < -0.39 is 0 Å². The number of methoxy groups -OCH3 is 1. The zero-order valence-electron chi connectivity index (χ0n) is 12.6. The van der Waals surface area contributed by atoms with Crippen LogP contribution in [0, 0.1) is 6.92 Å². The Balaban J connectivity index is 1.74. The van der Waals surface area contributed by atoms with Crippen molar-refractivity contribution in [3.8, 4) is 5.75 Å². The molecule has 0 aliphatic heterocycles. The lowest BCUT2D eigenvalue weighted by molar-refractivity contribution is 0.102. The van der Waals surface area contributed by atoms with Crippen LogP contribution in [0.5, 0.6) is 5.75 Å². The number of nitrogens with zero attached hydrogens (tertiary/aromatic N) is 2. The third-order valence-corrected chi connectivity index (χ3v) is 3.35. The Morgan fingerprint density at radius 1 is 1.23 bits per heavy atom. The minimum Gasteiger partial charge on any atom is -0.497 e. The van der Waals surface area contributed by atoms with E-state index in [9.17, 15) is 4.79 Å². The number of aryl methyl sites for hydroxylation is 1. The Kier molecular flexibility index (Phi) is 3.91. The van der Waals surface area contributed by atoms with Crippen molar-refractivity contribution < 1.29 is 9.53 Å². The standard InChI is InChI=1S/C16H18N4O2/c1-10-9-14(20-16(17-10)19-12-3-4-12)15(21)18-11-5-7-13(22-2)8-6-11/h5-9,12H,3-4H2,1-2H3,(H,18,21)(H,17,19,20). The van der Waals surface area contributed by atoms with Crippen LogP contribution in [0.3, 0.4) is 0 Å². The molecule has 0 saturated heterocycles. The van der Waals surface area contributed by atoms with Crippen molar-refractivity contribution in [3.05, 3.63) is 41.7 Å². The summed E-state index contributed by atoms with van der Waals surface area (Å²) < 4.78 is 5.09. The van der Waals surface area contributed by atoms with Gasteiger partial charge in [0.25, 0.3) is 5.91 Å². The van der Waals surface area contributed by atoms with Crippen molar-refractivity contribution in [2.45, 2.75) is 25.8 Å². The highest BCUT2D eigenvalue weighted by Gasteiger charge is 2.22. The molecule has 1 aromatic heterocycles. The van der Waals surface area contributed by atoms with Gasteiger partial charge in [-0.3, -0.25) is 4.79 Å². The van der Waals surface area contributed by atoms with Gasteiger partial charge in [-0.2, -0.15) is 0 Å². The topological polar surface area (TPSA) is 76.1 Å². The second kappa shape index (κ2) is 6.01. The van der Waals surface area contributed by atoms with Gasteiger partial charge < -0.3 is 15.4 Å². The molecule has 1 heterocycles. The van der Waals surface area contributed by atoms with Crippen LogP contribution in [0.15, 0.2) is 30.3 Å². The number of aromatic nitrogens is 2. The van der Waals surface area contributed by atoms with Crippen LogP contribution in [0.2, 0.25) is 0 Å². The summed E-state index contributed by atoms with van der Waals surface area (Å²) in [6, 6.07) is 9.28. The van der Waals surface area contributed by atoms with Gasteiger partial charge in [-0.25, -0.2) is 9.97 Å². The van der Waals surface area contributed by atoms with Crippen LogP contribution in [0.1, 0.15) is 29.0 Å². The monoisotopic (exact) mass is 298 g/mol. The van der Waals surface area contributed by atoms with Crippen molar-refractivity contribution in [3.63, 3.8) is 0 Å². The summed E-state index contributed by atoms with van der Waals surface area (Å²) >= 11 is 0. The van der Waals surface area contributed by atoms with Gasteiger partial charge >= 0.3 is 0 Å². The van der Waals surface area contributed by atoms with Crippen molar-refractivity contribution in [1.82, 2.24) is 9.97 Å². The van der Waals surface area contributed by atoms with Gasteiger partial charge in [0.1, 0.15) is 11.4 Å². The van der Waals surface area contributed by atoms with Gasteiger partial charge in [0.15, 0.2) is 0 Å². The number of ether oxygens (including phenoxy) is 1. The summed E-state index contributed by atoms with van der Waals surface area (Å²) in [5.41, 5.74) is 1.81. The third kappa shape index (κ3) is 3.52. The number of hydrogen-bond donors (Lipinski definition) is 2. The van der Waals surface area contributed by atoms with Crippen molar-refractivity contribution in [2.24, 2.45) is 0 Å². The predicted molar refractivity (Wildman–Crippen MR) is 84.4 cm³/mol. The number of benzene rings is 1. The van der Waals surface area contributed by atoms with Gasteiger partial charge in [0.2, 0.25) is 5.95 Å². The normalized spacial score (nSPS) is 13.5. The molecule has 114 valence electrons. The molecule has 1 saturated carbocycles. The van der Waals surface area contributed by atoms with E-state index in [-0.39, 0.29) is 5.91 Å². The lowest BCUT2D eigenvalue weighted by Gasteiger charge is -2.08. The third-order valence-electron chi connectivity index (χ3n) is 3.35. The smallest absolute Gasteiger partial charge is 0.274 e. The predicted octanol–water partition coefficient (Wildman–Crippen LogP) is 2.62. The number of rotatable bonds is 5. The zero-order chi connectivity index (χ0) is 15.5. The molecular weight excluding hydrogens is 280 g/mol. The molecule has 0 spiro atoms. The van der Waals surface area contributed by atoms with Crippen LogP contribution in [0.4, 0.5) is 11.6 Å². The van der Waals surface area contributed by atoms with E-state index in [1.165, 1.54) is 0 Å². The molecule has 6 nitrogen and oxygen atoms in total. The number of hydrogen-bond acceptors (Lipinski definition) is 5. The summed E-state index contributed by atoms with van der Waals surface area (Å²) in [5.74, 6) is 1.00. The molecule has 0 radical (unpaired) electrons. The largest absolute Gasteiger partial charge is 0.497 e. The van der Waals surface area contributed by atoms with E-state index in [1.807, 2.05) is 6.92 Å². The van der Waals surface area contributed by atoms with Crippen molar-refractivity contribution in [2.75, 3.05) is 17.7 Å². The maximum absolute atomic E-state index is 12.3. The van der Waals surface area contributed by atoms with Gasteiger partial charge in [-0.15, -0.1) is 0 Å². The maximum atomic E-state index is 12.3. The maximum Gasteiger partial charge on any atom is 0.274 e. The minimum atomic E-state index is -0.255. The lowest BCUT2D eigenvalue weighted by atomic mass is 10.2. The van der Waals surface area contributed by atoms with Gasteiger partial charge in [-0.05, 0) is 50.1 Å². The molecule has 1 aliphatic rings. The molecule has 1 aromatic carbocycles. The molecule has 1 aliphatic carbocycles. The van der Waals surface area contributed by atoms with E-state index in [0.717, 1.165) is 24.3 Å². The first kappa shape index (κ1) is 14.3. The highest BCUT2D eigenvalue weighted by molar-refractivity contribution is 6.03. The molecule has 0 bridgehead atoms. The molecule has 3 rings (SSSR count). The van der Waals surface area contributed by atoms with E-state index in [4.69, 9.17) is 4.74 Å². The molecule has 1 fully saturated rings. The summed E-state index contributed by atoms with van der Waals surface area (Å²) in [7, 11) is 1.60. The average Bonchev–Trinajstić information content (AvgIpc) is 3.31. The summed E-state index contributed by atoms with van der Waals surface area (Å²) in [6.45, 7) is 1.85. The Morgan fingerprint density at radius 3 is 2.59 bits per heavy atom. The van der Waals surface area contributed by atoms with E-state index in [0.29, 0.717) is 23.4 Å². The number of carbonyl (C=O) groups excluding carboxylic acids is 1. The summed E-state index contributed by atoms with van der Waals surface area (Å²) in [5, 5.41) is 6.03. The molecule has 0 unspecified atom stereocenters. The quantitative estimate of drug-likeness (QED) is 0.887. The Morgan fingerprint density at radius 2 is 1.95 bits per heavy atom. The molecule has 0 atom stereocenters. The average molecular weight is 298 g/mol. The van der Waals surface area contributed by atoms with E-state index in [2.05, 4.69) is 20.6 Å². The van der Waals surface area contributed by atoms with Crippen LogP contribution in [0.25, 0.3) is 0 Å². The number of carbonyl (C=O) groups is 1. The Bertz CT molecular complexity index is 681. The summed E-state index contributed by atoms with van der Waals surface area (Å²) in [6.07, 6.45) is 2.26. The van der Waals surface area contributed by atoms with Crippen molar-refractivity contribution >= 4 is 17.5 Å². The highest BCUT2D eigenvalue weighted by atomic mass is 16.5. The van der Waals surface area contributed by atoms with Gasteiger partial charge in [0.05, 0.1) is 7.11 Å². The van der Waals surface area contributed by atoms with E-state index >= 15 is 0 Å². The number of amides is 1. The molecule has 6 heteroatoms.